The Labute approximate surface area is 149 Å². The summed E-state index contributed by atoms with van der Waals surface area (Å²) in [5, 5.41) is 3.80. The fraction of sp³-hybridized carbons (Fsp3) is 0.684. The Hall–Kier alpha value is -0.840. The van der Waals surface area contributed by atoms with E-state index >= 15 is 0 Å². The molecule has 2 fully saturated rings. The van der Waals surface area contributed by atoms with E-state index in [2.05, 4.69) is 10.2 Å². The van der Waals surface area contributed by atoms with Crippen molar-refractivity contribution < 1.29 is 9.13 Å². The molecule has 0 amide bonds. The summed E-state index contributed by atoms with van der Waals surface area (Å²) in [4.78, 5) is 2.51. The molecule has 0 aromatic heterocycles. The predicted molar refractivity (Wildman–Crippen MR) is 96.3 cm³/mol. The van der Waals surface area contributed by atoms with E-state index in [9.17, 15) is 4.39 Å². The van der Waals surface area contributed by atoms with Crippen LogP contribution >= 0.6 is 11.6 Å². The lowest BCUT2D eigenvalue weighted by molar-refractivity contribution is 0.103. The van der Waals surface area contributed by atoms with Gasteiger partial charge in [-0.15, -0.1) is 0 Å². The average Bonchev–Trinajstić information content (AvgIpc) is 2.60. The zero-order valence-electron chi connectivity index (χ0n) is 14.5. The number of halogens is 2. The molecule has 1 N–H and O–H groups in total. The molecule has 0 unspecified atom stereocenters. The van der Waals surface area contributed by atoms with Crippen molar-refractivity contribution in [2.24, 2.45) is 5.92 Å². The van der Waals surface area contributed by atoms with E-state index < -0.39 is 0 Å². The van der Waals surface area contributed by atoms with Gasteiger partial charge in [-0.25, -0.2) is 4.39 Å². The number of hydrogen-bond donors (Lipinski definition) is 1. The molecule has 1 aromatic rings. The number of ether oxygens (including phenoxy) is 1. The molecule has 0 spiro atoms. The van der Waals surface area contributed by atoms with Gasteiger partial charge < -0.3 is 10.1 Å². The van der Waals surface area contributed by atoms with Crippen LogP contribution in [0.2, 0.25) is 5.02 Å². The summed E-state index contributed by atoms with van der Waals surface area (Å²) in [5.74, 6) is 0.436. The van der Waals surface area contributed by atoms with Crippen molar-refractivity contribution in [1.82, 2.24) is 10.2 Å². The number of piperazine rings is 1. The van der Waals surface area contributed by atoms with E-state index in [1.54, 1.807) is 6.07 Å². The van der Waals surface area contributed by atoms with Crippen molar-refractivity contribution in [2.75, 3.05) is 32.8 Å². The Morgan fingerprint density at radius 2 is 1.96 bits per heavy atom. The Kier molecular flexibility index (Phi) is 6.37. The van der Waals surface area contributed by atoms with Crippen LogP contribution < -0.4 is 10.1 Å². The quantitative estimate of drug-likeness (QED) is 0.847. The van der Waals surface area contributed by atoms with Crippen molar-refractivity contribution in [2.45, 2.75) is 45.1 Å². The average molecular weight is 355 g/mol. The third-order valence-corrected chi connectivity index (χ3v) is 5.57. The summed E-state index contributed by atoms with van der Waals surface area (Å²) >= 11 is 6.34. The standard InChI is InChI=1S/C19H28ClFN2O/c1-2-24-19-16(20)12-15(13-17(19)21)18(14-6-4-3-5-7-14)23-10-8-22-9-11-23/h12-14,18,22H,2-11H2,1H3/t18-/m0/s1. The Balaban J connectivity index is 1.91. The molecule has 24 heavy (non-hydrogen) atoms. The van der Waals surface area contributed by atoms with Crippen LogP contribution in [0.4, 0.5) is 4.39 Å². The third kappa shape index (κ3) is 4.04. The highest BCUT2D eigenvalue weighted by Gasteiger charge is 2.32. The van der Waals surface area contributed by atoms with Gasteiger partial charge in [0.2, 0.25) is 0 Å². The summed E-state index contributed by atoms with van der Waals surface area (Å²) < 4.78 is 19.9. The van der Waals surface area contributed by atoms with Crippen LogP contribution in [0.3, 0.4) is 0 Å². The molecular weight excluding hydrogens is 327 g/mol. The van der Waals surface area contributed by atoms with Gasteiger partial charge in [-0.3, -0.25) is 4.90 Å². The van der Waals surface area contributed by atoms with Gasteiger partial charge in [-0.05, 0) is 43.4 Å². The van der Waals surface area contributed by atoms with Crippen molar-refractivity contribution in [3.8, 4) is 5.75 Å². The second-order valence-corrected chi connectivity index (χ2v) is 7.28. The minimum Gasteiger partial charge on any atom is -0.489 e. The first kappa shape index (κ1) is 18.0. The van der Waals surface area contributed by atoms with Gasteiger partial charge in [0, 0.05) is 32.2 Å². The van der Waals surface area contributed by atoms with E-state index in [0.717, 1.165) is 31.7 Å². The highest BCUT2D eigenvalue weighted by atomic mass is 35.5. The largest absolute Gasteiger partial charge is 0.489 e. The van der Waals surface area contributed by atoms with Gasteiger partial charge in [-0.2, -0.15) is 0 Å². The van der Waals surface area contributed by atoms with Crippen LogP contribution in [0.15, 0.2) is 12.1 Å². The predicted octanol–water partition coefficient (Wildman–Crippen LogP) is 4.40. The van der Waals surface area contributed by atoms with Gasteiger partial charge >= 0.3 is 0 Å². The first-order chi connectivity index (χ1) is 11.7. The molecule has 1 saturated heterocycles. The van der Waals surface area contributed by atoms with Crippen molar-refractivity contribution in [3.05, 3.63) is 28.5 Å². The van der Waals surface area contributed by atoms with E-state index in [1.165, 1.54) is 32.1 Å². The van der Waals surface area contributed by atoms with Crippen LogP contribution in [0.1, 0.15) is 50.6 Å². The summed E-state index contributed by atoms with van der Waals surface area (Å²) in [5.41, 5.74) is 1.01. The highest BCUT2D eigenvalue weighted by molar-refractivity contribution is 6.32. The normalized spacial score (nSPS) is 21.6. The van der Waals surface area contributed by atoms with Crippen LogP contribution in [-0.2, 0) is 0 Å². The van der Waals surface area contributed by atoms with Crippen LogP contribution in [0, 0.1) is 11.7 Å². The maximum Gasteiger partial charge on any atom is 0.173 e. The summed E-state index contributed by atoms with van der Waals surface area (Å²) in [7, 11) is 0. The number of benzene rings is 1. The lowest BCUT2D eigenvalue weighted by Gasteiger charge is -2.41. The number of rotatable bonds is 5. The zero-order chi connectivity index (χ0) is 16.9. The Morgan fingerprint density at radius 1 is 1.25 bits per heavy atom. The minimum atomic E-state index is -0.338. The monoisotopic (exact) mass is 354 g/mol. The molecule has 3 rings (SSSR count). The van der Waals surface area contributed by atoms with Crippen molar-refractivity contribution in [3.63, 3.8) is 0 Å². The molecule has 2 aliphatic rings. The molecule has 5 heteroatoms. The van der Waals surface area contributed by atoms with E-state index in [1.807, 2.05) is 13.0 Å². The van der Waals surface area contributed by atoms with Gasteiger partial charge in [0.1, 0.15) is 0 Å². The van der Waals surface area contributed by atoms with Gasteiger partial charge in [0.05, 0.1) is 11.6 Å². The topological polar surface area (TPSA) is 24.5 Å². The third-order valence-electron chi connectivity index (χ3n) is 5.29. The number of hydrogen-bond acceptors (Lipinski definition) is 3. The van der Waals surface area contributed by atoms with Gasteiger partial charge in [0.25, 0.3) is 0 Å². The first-order valence-electron chi connectivity index (χ1n) is 9.27. The molecule has 1 aromatic carbocycles. The first-order valence-corrected chi connectivity index (χ1v) is 9.65. The molecule has 0 radical (unpaired) electrons. The molecular formula is C19H28ClFN2O. The number of nitrogens with one attached hydrogen (secondary N) is 1. The molecule has 1 atom stereocenters. The SMILES string of the molecule is CCOc1c(F)cc([C@H](C2CCCCC2)N2CCNCC2)cc1Cl. The van der Waals surface area contributed by atoms with Crippen molar-refractivity contribution in [1.29, 1.82) is 0 Å². The van der Waals surface area contributed by atoms with Gasteiger partial charge in [-0.1, -0.05) is 30.9 Å². The van der Waals surface area contributed by atoms with E-state index in [-0.39, 0.29) is 17.6 Å². The molecule has 134 valence electrons. The van der Waals surface area contributed by atoms with Crippen molar-refractivity contribution >= 4 is 11.6 Å². The van der Waals surface area contributed by atoms with E-state index in [0.29, 0.717) is 17.5 Å². The fourth-order valence-corrected chi connectivity index (χ4v) is 4.49. The molecule has 1 heterocycles. The molecule has 1 aliphatic heterocycles. The highest BCUT2D eigenvalue weighted by Crippen LogP contribution is 2.41. The second-order valence-electron chi connectivity index (χ2n) is 6.88. The number of nitrogens with zero attached hydrogens (tertiary/aromatic N) is 1. The Bertz CT molecular complexity index is 501. The molecule has 1 aliphatic carbocycles. The van der Waals surface area contributed by atoms with Crippen LogP contribution in [-0.4, -0.2) is 37.7 Å². The Morgan fingerprint density at radius 3 is 2.58 bits per heavy atom. The van der Waals surface area contributed by atoms with Gasteiger partial charge in [0.15, 0.2) is 11.6 Å². The lowest BCUT2D eigenvalue weighted by Crippen LogP contribution is -2.47. The smallest absolute Gasteiger partial charge is 0.173 e. The van der Waals surface area contributed by atoms with Crippen LogP contribution in [0.5, 0.6) is 5.75 Å². The van der Waals surface area contributed by atoms with E-state index in [4.69, 9.17) is 16.3 Å². The maximum absolute atomic E-state index is 14.6. The second kappa shape index (κ2) is 8.50. The molecule has 0 bridgehead atoms. The lowest BCUT2D eigenvalue weighted by atomic mass is 9.80. The summed E-state index contributed by atoms with van der Waals surface area (Å²) in [6, 6.07) is 3.84. The van der Waals surface area contributed by atoms with Crippen LogP contribution in [0.25, 0.3) is 0 Å². The maximum atomic E-state index is 14.6. The zero-order valence-corrected chi connectivity index (χ0v) is 15.2. The summed E-state index contributed by atoms with van der Waals surface area (Å²) in [6.45, 7) is 6.27. The minimum absolute atomic E-state index is 0.186. The fourth-order valence-electron chi connectivity index (χ4n) is 4.22. The molecule has 1 saturated carbocycles. The summed E-state index contributed by atoms with van der Waals surface area (Å²) in [6.07, 6.45) is 6.33. The molecule has 3 nitrogen and oxygen atoms in total.